The van der Waals surface area contributed by atoms with E-state index >= 15 is 0 Å². The monoisotopic (exact) mass is 283 g/mol. The molecule has 0 aliphatic heterocycles. The van der Waals surface area contributed by atoms with Crippen LogP contribution in [-0.4, -0.2) is 22.2 Å². The standard InChI is InChI=1S/C15H13N3O3/c1-19-13-5-4-9(8-16-13)14-17-15(21-18-14)11-7-10(11)12-3-2-6-20-12/h2-6,8,10-11H,7H2,1H3/t10-,11+/m0/s1. The summed E-state index contributed by atoms with van der Waals surface area (Å²) in [5, 5.41) is 4.02. The fraction of sp³-hybridized carbons (Fsp3) is 0.267. The number of ether oxygens (including phenoxy) is 1. The summed E-state index contributed by atoms with van der Waals surface area (Å²) in [5.41, 5.74) is 0.806. The summed E-state index contributed by atoms with van der Waals surface area (Å²) in [5.74, 6) is 3.34. The molecule has 0 spiro atoms. The van der Waals surface area contributed by atoms with Crippen molar-refractivity contribution in [2.45, 2.75) is 18.3 Å². The lowest BCUT2D eigenvalue weighted by atomic mass is 10.2. The van der Waals surface area contributed by atoms with Crippen molar-refractivity contribution in [1.82, 2.24) is 15.1 Å². The number of furan rings is 1. The molecule has 0 saturated heterocycles. The largest absolute Gasteiger partial charge is 0.481 e. The van der Waals surface area contributed by atoms with Crippen LogP contribution in [0.4, 0.5) is 0 Å². The van der Waals surface area contributed by atoms with Crippen LogP contribution in [0.2, 0.25) is 0 Å². The molecule has 106 valence electrons. The smallest absolute Gasteiger partial charge is 0.230 e. The molecule has 1 aliphatic rings. The van der Waals surface area contributed by atoms with E-state index in [1.807, 2.05) is 18.2 Å². The molecule has 3 heterocycles. The van der Waals surface area contributed by atoms with Crippen molar-refractivity contribution in [2.24, 2.45) is 0 Å². The molecule has 6 heteroatoms. The van der Waals surface area contributed by atoms with Gasteiger partial charge in [-0.25, -0.2) is 4.98 Å². The first kappa shape index (κ1) is 12.1. The van der Waals surface area contributed by atoms with Crippen molar-refractivity contribution in [2.75, 3.05) is 7.11 Å². The Labute approximate surface area is 120 Å². The zero-order chi connectivity index (χ0) is 14.2. The first-order valence-corrected chi connectivity index (χ1v) is 6.72. The average molecular weight is 283 g/mol. The molecule has 0 radical (unpaired) electrons. The minimum atomic E-state index is 0.253. The van der Waals surface area contributed by atoms with E-state index in [-0.39, 0.29) is 5.92 Å². The van der Waals surface area contributed by atoms with Crippen LogP contribution in [-0.2, 0) is 0 Å². The topological polar surface area (TPSA) is 74.2 Å². The van der Waals surface area contributed by atoms with Crippen molar-refractivity contribution in [3.63, 3.8) is 0 Å². The Morgan fingerprint density at radius 1 is 1.24 bits per heavy atom. The highest BCUT2D eigenvalue weighted by atomic mass is 16.5. The van der Waals surface area contributed by atoms with Crippen LogP contribution >= 0.6 is 0 Å². The second-order valence-corrected chi connectivity index (χ2v) is 5.01. The Balaban J connectivity index is 1.53. The van der Waals surface area contributed by atoms with E-state index < -0.39 is 0 Å². The van der Waals surface area contributed by atoms with E-state index in [1.54, 1.807) is 25.6 Å². The minimum absolute atomic E-state index is 0.253. The van der Waals surface area contributed by atoms with Gasteiger partial charge in [0.2, 0.25) is 17.6 Å². The van der Waals surface area contributed by atoms with Crippen LogP contribution in [0.15, 0.2) is 45.7 Å². The van der Waals surface area contributed by atoms with Gasteiger partial charge in [-0.2, -0.15) is 4.98 Å². The van der Waals surface area contributed by atoms with E-state index in [0.29, 0.717) is 23.5 Å². The Hall–Kier alpha value is -2.63. The van der Waals surface area contributed by atoms with Gasteiger partial charge in [-0.1, -0.05) is 5.16 Å². The van der Waals surface area contributed by atoms with E-state index in [4.69, 9.17) is 13.7 Å². The number of rotatable bonds is 4. The fourth-order valence-corrected chi connectivity index (χ4v) is 2.42. The van der Waals surface area contributed by atoms with Crippen molar-refractivity contribution >= 4 is 0 Å². The molecule has 0 aromatic carbocycles. The molecule has 0 N–H and O–H groups in total. The van der Waals surface area contributed by atoms with Crippen LogP contribution < -0.4 is 4.74 Å². The molecular weight excluding hydrogens is 270 g/mol. The lowest BCUT2D eigenvalue weighted by Gasteiger charge is -1.97. The highest BCUT2D eigenvalue weighted by molar-refractivity contribution is 5.53. The van der Waals surface area contributed by atoms with Gasteiger partial charge >= 0.3 is 0 Å². The number of hydrogen-bond donors (Lipinski definition) is 0. The van der Waals surface area contributed by atoms with Crippen LogP contribution in [0.5, 0.6) is 5.88 Å². The maximum absolute atomic E-state index is 5.41. The summed E-state index contributed by atoms with van der Waals surface area (Å²) >= 11 is 0. The zero-order valence-electron chi connectivity index (χ0n) is 11.4. The minimum Gasteiger partial charge on any atom is -0.481 e. The average Bonchev–Trinajstić information content (AvgIpc) is 2.97. The lowest BCUT2D eigenvalue weighted by molar-refractivity contribution is 0.376. The van der Waals surface area contributed by atoms with Crippen molar-refractivity contribution < 1.29 is 13.7 Å². The van der Waals surface area contributed by atoms with Crippen LogP contribution in [0.1, 0.15) is 29.9 Å². The van der Waals surface area contributed by atoms with E-state index in [0.717, 1.165) is 17.7 Å². The SMILES string of the molecule is COc1ccc(-c2noc([C@@H]3C[C@@H]3c3ccco3)n2)cn1. The molecule has 2 atom stereocenters. The second kappa shape index (κ2) is 4.73. The third kappa shape index (κ3) is 2.18. The Kier molecular flexibility index (Phi) is 2.73. The summed E-state index contributed by atoms with van der Waals surface area (Å²) in [6.45, 7) is 0. The summed E-state index contributed by atoms with van der Waals surface area (Å²) < 4.78 is 15.8. The van der Waals surface area contributed by atoms with Gasteiger partial charge in [0, 0.05) is 29.7 Å². The molecule has 0 unspecified atom stereocenters. The summed E-state index contributed by atoms with van der Waals surface area (Å²) in [6, 6.07) is 7.51. The highest BCUT2D eigenvalue weighted by Gasteiger charge is 2.45. The van der Waals surface area contributed by atoms with Crippen molar-refractivity contribution in [1.29, 1.82) is 0 Å². The van der Waals surface area contributed by atoms with Crippen molar-refractivity contribution in [3.8, 4) is 17.3 Å². The van der Waals surface area contributed by atoms with Crippen LogP contribution in [0.3, 0.4) is 0 Å². The lowest BCUT2D eigenvalue weighted by Crippen LogP contribution is -1.88. The first-order chi connectivity index (χ1) is 10.3. The molecule has 6 nitrogen and oxygen atoms in total. The van der Waals surface area contributed by atoms with E-state index in [1.165, 1.54) is 0 Å². The van der Waals surface area contributed by atoms with Gasteiger partial charge in [0.25, 0.3) is 0 Å². The second-order valence-electron chi connectivity index (χ2n) is 5.01. The van der Waals surface area contributed by atoms with Gasteiger partial charge in [0.15, 0.2) is 0 Å². The van der Waals surface area contributed by atoms with Crippen LogP contribution in [0, 0.1) is 0 Å². The molecule has 1 saturated carbocycles. The van der Waals surface area contributed by atoms with Gasteiger partial charge < -0.3 is 13.7 Å². The number of methoxy groups -OCH3 is 1. The number of nitrogens with zero attached hydrogens (tertiary/aromatic N) is 3. The Morgan fingerprint density at radius 3 is 2.90 bits per heavy atom. The molecule has 4 rings (SSSR count). The third-order valence-corrected chi connectivity index (χ3v) is 3.66. The third-order valence-electron chi connectivity index (χ3n) is 3.66. The van der Waals surface area contributed by atoms with Gasteiger partial charge in [0.1, 0.15) is 5.76 Å². The molecule has 3 aromatic rings. The number of hydrogen-bond acceptors (Lipinski definition) is 6. The van der Waals surface area contributed by atoms with Gasteiger partial charge in [0.05, 0.1) is 13.4 Å². The predicted molar refractivity (Wildman–Crippen MR) is 72.9 cm³/mol. The maximum atomic E-state index is 5.41. The summed E-state index contributed by atoms with van der Waals surface area (Å²) in [4.78, 5) is 8.60. The highest BCUT2D eigenvalue weighted by Crippen LogP contribution is 2.54. The Morgan fingerprint density at radius 2 is 2.19 bits per heavy atom. The molecular formula is C15H13N3O3. The normalized spacial score (nSPS) is 20.4. The Bertz CT molecular complexity index is 734. The first-order valence-electron chi connectivity index (χ1n) is 6.72. The van der Waals surface area contributed by atoms with Gasteiger partial charge in [-0.15, -0.1) is 0 Å². The maximum Gasteiger partial charge on any atom is 0.230 e. The molecule has 1 aliphatic carbocycles. The molecule has 1 fully saturated rings. The van der Waals surface area contributed by atoms with Crippen LogP contribution in [0.25, 0.3) is 11.4 Å². The quantitative estimate of drug-likeness (QED) is 0.732. The molecule has 0 amide bonds. The van der Waals surface area contributed by atoms with Gasteiger partial charge in [-0.3, -0.25) is 0 Å². The van der Waals surface area contributed by atoms with E-state index in [9.17, 15) is 0 Å². The summed E-state index contributed by atoms with van der Waals surface area (Å²) in [6.07, 6.45) is 4.34. The molecule has 21 heavy (non-hydrogen) atoms. The number of pyridine rings is 1. The fourth-order valence-electron chi connectivity index (χ4n) is 2.42. The van der Waals surface area contributed by atoms with E-state index in [2.05, 4.69) is 15.1 Å². The molecule has 3 aromatic heterocycles. The molecule has 0 bridgehead atoms. The number of aromatic nitrogens is 3. The zero-order valence-corrected chi connectivity index (χ0v) is 11.4. The predicted octanol–water partition coefficient (Wildman–Crippen LogP) is 3.00. The van der Waals surface area contributed by atoms with Crippen molar-refractivity contribution in [3.05, 3.63) is 48.4 Å². The summed E-state index contributed by atoms with van der Waals surface area (Å²) in [7, 11) is 1.58. The van der Waals surface area contributed by atoms with Gasteiger partial charge in [-0.05, 0) is 24.6 Å².